The van der Waals surface area contributed by atoms with Gasteiger partial charge < -0.3 is 0 Å². The number of thiophene rings is 1. The van der Waals surface area contributed by atoms with Crippen molar-refractivity contribution < 1.29 is 0 Å². The van der Waals surface area contributed by atoms with Crippen LogP contribution in [0.5, 0.6) is 0 Å². The van der Waals surface area contributed by atoms with Gasteiger partial charge in [-0.25, -0.2) is 0 Å². The summed E-state index contributed by atoms with van der Waals surface area (Å²) in [6, 6.07) is 10.8. The molecule has 0 spiro atoms. The average Bonchev–Trinajstić information content (AvgIpc) is 2.72. The number of rotatable bonds is 3. The average molecular weight is 220 g/mol. The fraction of sp³-hybridized carbons (Fsp3) is 0.167. The van der Waals surface area contributed by atoms with Crippen molar-refractivity contribution in [3.8, 4) is 11.1 Å². The summed E-state index contributed by atoms with van der Waals surface area (Å²) in [5, 5.41) is 4.34. The maximum absolute atomic E-state index is 2.21. The summed E-state index contributed by atoms with van der Waals surface area (Å²) in [6.45, 7) is 0. The Kier molecular flexibility index (Phi) is 3.27. The quantitative estimate of drug-likeness (QED) is 0.744. The smallest absolute Gasteiger partial charge is 0.0187 e. The molecule has 0 fully saturated rings. The third-order valence-electron chi connectivity index (χ3n) is 2.15. The van der Waals surface area contributed by atoms with Gasteiger partial charge in [-0.1, -0.05) is 24.3 Å². The lowest BCUT2D eigenvalue weighted by atomic mass is 10.0. The maximum atomic E-state index is 2.21. The second kappa shape index (κ2) is 4.67. The van der Waals surface area contributed by atoms with Crippen LogP contribution in [0.3, 0.4) is 0 Å². The first-order valence-corrected chi connectivity index (χ1v) is 6.85. The minimum absolute atomic E-state index is 1.09. The Morgan fingerprint density at radius 2 is 2.07 bits per heavy atom. The Bertz CT molecular complexity index is 390. The lowest BCUT2D eigenvalue weighted by Gasteiger charge is -2.05. The molecule has 0 aliphatic heterocycles. The molecule has 0 radical (unpaired) electrons. The molecule has 0 N–H and O–H groups in total. The zero-order valence-corrected chi connectivity index (χ0v) is 9.70. The summed E-state index contributed by atoms with van der Waals surface area (Å²) in [5.41, 5.74) is 4.15. The minimum Gasteiger partial charge on any atom is -0.161 e. The van der Waals surface area contributed by atoms with Crippen LogP contribution < -0.4 is 0 Å². The van der Waals surface area contributed by atoms with Gasteiger partial charge in [0.1, 0.15) is 0 Å². The Balaban J connectivity index is 2.42. The summed E-state index contributed by atoms with van der Waals surface area (Å²) >= 11 is 3.62. The van der Waals surface area contributed by atoms with E-state index in [4.69, 9.17) is 0 Å². The second-order valence-electron chi connectivity index (χ2n) is 3.10. The molecule has 0 nitrogen and oxygen atoms in total. The van der Waals surface area contributed by atoms with Gasteiger partial charge in [0.2, 0.25) is 0 Å². The SMILES string of the molecule is CSCc1ccccc1-c1ccsc1. The van der Waals surface area contributed by atoms with Crippen molar-refractivity contribution in [2.75, 3.05) is 6.26 Å². The molecular weight excluding hydrogens is 208 g/mol. The number of hydrogen-bond acceptors (Lipinski definition) is 2. The van der Waals surface area contributed by atoms with Crippen molar-refractivity contribution in [1.29, 1.82) is 0 Å². The van der Waals surface area contributed by atoms with E-state index in [0.29, 0.717) is 0 Å². The zero-order chi connectivity index (χ0) is 9.80. The van der Waals surface area contributed by atoms with E-state index >= 15 is 0 Å². The van der Waals surface area contributed by atoms with Crippen LogP contribution in [0, 0.1) is 0 Å². The van der Waals surface area contributed by atoms with Crippen LogP contribution in [0.25, 0.3) is 11.1 Å². The highest BCUT2D eigenvalue weighted by Crippen LogP contribution is 2.27. The molecule has 14 heavy (non-hydrogen) atoms. The van der Waals surface area contributed by atoms with E-state index in [-0.39, 0.29) is 0 Å². The first-order chi connectivity index (χ1) is 6.92. The molecular formula is C12H12S2. The van der Waals surface area contributed by atoms with Crippen LogP contribution in [-0.2, 0) is 5.75 Å². The highest BCUT2D eigenvalue weighted by atomic mass is 32.2. The normalized spacial score (nSPS) is 10.4. The third-order valence-corrected chi connectivity index (χ3v) is 3.43. The van der Waals surface area contributed by atoms with E-state index < -0.39 is 0 Å². The summed E-state index contributed by atoms with van der Waals surface area (Å²) < 4.78 is 0. The van der Waals surface area contributed by atoms with E-state index in [9.17, 15) is 0 Å². The van der Waals surface area contributed by atoms with Gasteiger partial charge in [0, 0.05) is 5.75 Å². The van der Waals surface area contributed by atoms with Crippen molar-refractivity contribution in [3.63, 3.8) is 0 Å². The van der Waals surface area contributed by atoms with Gasteiger partial charge in [0.05, 0.1) is 0 Å². The predicted molar refractivity (Wildman–Crippen MR) is 67.0 cm³/mol. The summed E-state index contributed by atoms with van der Waals surface area (Å²) in [6.07, 6.45) is 2.14. The van der Waals surface area contributed by atoms with Gasteiger partial charge in [0.15, 0.2) is 0 Å². The van der Waals surface area contributed by atoms with Crippen LogP contribution in [0.2, 0.25) is 0 Å². The van der Waals surface area contributed by atoms with Crippen molar-refractivity contribution >= 4 is 23.1 Å². The molecule has 2 aromatic rings. The first-order valence-electron chi connectivity index (χ1n) is 4.51. The second-order valence-corrected chi connectivity index (χ2v) is 4.75. The molecule has 0 saturated carbocycles. The monoisotopic (exact) mass is 220 g/mol. The molecule has 0 amide bonds. The first kappa shape index (κ1) is 9.81. The Morgan fingerprint density at radius 3 is 2.79 bits per heavy atom. The molecule has 0 bridgehead atoms. The Hall–Kier alpha value is -0.730. The minimum atomic E-state index is 1.09. The molecule has 2 heteroatoms. The molecule has 0 unspecified atom stereocenters. The topological polar surface area (TPSA) is 0 Å². The Labute approximate surface area is 93.0 Å². The lowest BCUT2D eigenvalue weighted by molar-refractivity contribution is 1.42. The number of thioether (sulfide) groups is 1. The van der Waals surface area contributed by atoms with E-state index in [0.717, 1.165) is 5.75 Å². The van der Waals surface area contributed by atoms with Crippen molar-refractivity contribution in [2.45, 2.75) is 5.75 Å². The van der Waals surface area contributed by atoms with E-state index in [1.54, 1.807) is 11.3 Å². The van der Waals surface area contributed by atoms with Gasteiger partial charge in [-0.2, -0.15) is 23.1 Å². The van der Waals surface area contributed by atoms with Crippen LogP contribution in [0.4, 0.5) is 0 Å². The highest BCUT2D eigenvalue weighted by Gasteiger charge is 2.03. The van der Waals surface area contributed by atoms with Crippen molar-refractivity contribution in [3.05, 3.63) is 46.7 Å². The number of benzene rings is 1. The highest BCUT2D eigenvalue weighted by molar-refractivity contribution is 7.97. The Morgan fingerprint density at radius 1 is 1.21 bits per heavy atom. The molecule has 0 aliphatic carbocycles. The molecule has 1 aromatic carbocycles. The molecule has 1 heterocycles. The largest absolute Gasteiger partial charge is 0.161 e. The molecule has 0 aliphatic rings. The van der Waals surface area contributed by atoms with E-state index in [2.05, 4.69) is 47.3 Å². The predicted octanol–water partition coefficient (Wildman–Crippen LogP) is 4.28. The molecule has 2 rings (SSSR count). The van der Waals surface area contributed by atoms with E-state index in [1.807, 2.05) is 11.8 Å². The maximum Gasteiger partial charge on any atom is 0.0187 e. The van der Waals surface area contributed by atoms with Crippen LogP contribution >= 0.6 is 23.1 Å². The fourth-order valence-electron chi connectivity index (χ4n) is 1.50. The van der Waals surface area contributed by atoms with Gasteiger partial charge >= 0.3 is 0 Å². The molecule has 1 aromatic heterocycles. The summed E-state index contributed by atoms with van der Waals surface area (Å²) in [5.74, 6) is 1.09. The number of hydrogen-bond donors (Lipinski definition) is 0. The van der Waals surface area contributed by atoms with Crippen molar-refractivity contribution in [2.24, 2.45) is 0 Å². The zero-order valence-electron chi connectivity index (χ0n) is 8.07. The van der Waals surface area contributed by atoms with Crippen LogP contribution in [-0.4, -0.2) is 6.26 Å². The van der Waals surface area contributed by atoms with Gasteiger partial charge in [-0.3, -0.25) is 0 Å². The lowest BCUT2D eigenvalue weighted by Crippen LogP contribution is -1.84. The van der Waals surface area contributed by atoms with Gasteiger partial charge in [-0.05, 0) is 39.8 Å². The summed E-state index contributed by atoms with van der Waals surface area (Å²) in [4.78, 5) is 0. The van der Waals surface area contributed by atoms with Gasteiger partial charge in [0.25, 0.3) is 0 Å². The molecule has 72 valence electrons. The van der Waals surface area contributed by atoms with Crippen molar-refractivity contribution in [1.82, 2.24) is 0 Å². The van der Waals surface area contributed by atoms with Crippen LogP contribution in [0.1, 0.15) is 5.56 Å². The third kappa shape index (κ3) is 2.02. The molecule has 0 saturated heterocycles. The fourth-order valence-corrected chi connectivity index (χ4v) is 2.72. The summed E-state index contributed by atoms with van der Waals surface area (Å²) in [7, 11) is 0. The van der Waals surface area contributed by atoms with E-state index in [1.165, 1.54) is 16.7 Å². The van der Waals surface area contributed by atoms with Gasteiger partial charge in [-0.15, -0.1) is 0 Å². The molecule has 0 atom stereocenters. The van der Waals surface area contributed by atoms with Crippen LogP contribution in [0.15, 0.2) is 41.1 Å². The standard InChI is InChI=1S/C12H12S2/c1-13-8-10-4-2-3-5-12(10)11-6-7-14-9-11/h2-7,9H,8H2,1H3.